The van der Waals surface area contributed by atoms with E-state index in [0.717, 1.165) is 19.6 Å². The molecule has 2 aromatic heterocycles. The Morgan fingerprint density at radius 2 is 2.11 bits per heavy atom. The molecule has 1 saturated heterocycles. The van der Waals surface area contributed by atoms with Gasteiger partial charge in [0.1, 0.15) is 5.52 Å². The molecular weight excluding hydrogens is 387 g/mol. The highest BCUT2D eigenvalue weighted by Gasteiger charge is 2.16. The summed E-state index contributed by atoms with van der Waals surface area (Å²) in [5.74, 6) is 1.06. The molecule has 3 aromatic rings. The number of piperidine rings is 1. The van der Waals surface area contributed by atoms with Crippen LogP contribution in [0.4, 0.5) is 5.95 Å². The van der Waals surface area contributed by atoms with E-state index in [4.69, 9.17) is 23.2 Å². The van der Waals surface area contributed by atoms with Gasteiger partial charge < -0.3 is 15.6 Å². The van der Waals surface area contributed by atoms with Gasteiger partial charge >= 0.3 is 5.69 Å². The molecule has 3 N–H and O–H groups in total. The van der Waals surface area contributed by atoms with Crippen LogP contribution in [0.5, 0.6) is 0 Å². The molecule has 1 atom stereocenters. The molecular formula is C18H20Cl2N6O. The molecule has 1 aliphatic heterocycles. The molecule has 0 amide bonds. The first-order valence-electron chi connectivity index (χ1n) is 8.95. The van der Waals surface area contributed by atoms with Gasteiger partial charge in [-0.05, 0) is 44.0 Å². The minimum absolute atomic E-state index is 0.236. The molecule has 4 rings (SSSR count). The van der Waals surface area contributed by atoms with E-state index in [0.29, 0.717) is 38.6 Å². The molecule has 3 heterocycles. The number of imidazole rings is 1. The summed E-state index contributed by atoms with van der Waals surface area (Å²) in [7, 11) is 0. The van der Waals surface area contributed by atoms with Crippen molar-refractivity contribution >= 4 is 40.3 Å². The first kappa shape index (κ1) is 18.3. The second-order valence-electron chi connectivity index (χ2n) is 6.74. The first-order chi connectivity index (χ1) is 13.1. The van der Waals surface area contributed by atoms with E-state index in [1.54, 1.807) is 24.4 Å². The molecule has 0 unspecified atom stereocenters. The van der Waals surface area contributed by atoms with Crippen LogP contribution in [-0.2, 0) is 6.54 Å². The maximum absolute atomic E-state index is 12.4. The zero-order chi connectivity index (χ0) is 18.8. The van der Waals surface area contributed by atoms with Crippen molar-refractivity contribution < 1.29 is 0 Å². The quantitative estimate of drug-likeness (QED) is 0.606. The van der Waals surface area contributed by atoms with Crippen LogP contribution in [0.25, 0.3) is 11.2 Å². The first-order valence-corrected chi connectivity index (χ1v) is 9.70. The van der Waals surface area contributed by atoms with E-state index in [1.165, 1.54) is 17.4 Å². The Kier molecular flexibility index (Phi) is 5.33. The number of halogens is 2. The minimum atomic E-state index is -0.274. The van der Waals surface area contributed by atoms with Crippen LogP contribution in [-0.4, -0.2) is 39.2 Å². The number of hydrogen-bond donors (Lipinski definition) is 3. The largest absolute Gasteiger partial charge is 0.354 e. The van der Waals surface area contributed by atoms with Gasteiger partial charge in [0.2, 0.25) is 5.95 Å². The number of hydrogen-bond acceptors (Lipinski definition) is 5. The lowest BCUT2D eigenvalue weighted by Gasteiger charge is -2.22. The third kappa shape index (κ3) is 3.95. The van der Waals surface area contributed by atoms with Gasteiger partial charge in [0.05, 0.1) is 12.7 Å². The molecule has 142 valence electrons. The van der Waals surface area contributed by atoms with Crippen molar-refractivity contribution in [3.8, 4) is 0 Å². The number of aromatic nitrogens is 4. The summed E-state index contributed by atoms with van der Waals surface area (Å²) in [4.78, 5) is 24.0. The van der Waals surface area contributed by atoms with E-state index in [-0.39, 0.29) is 12.2 Å². The number of nitrogens with zero attached hydrogens (tertiary/aromatic N) is 3. The number of rotatable bonds is 5. The maximum atomic E-state index is 12.4. The van der Waals surface area contributed by atoms with Gasteiger partial charge in [0.25, 0.3) is 0 Å². The average molecular weight is 407 g/mol. The Morgan fingerprint density at radius 3 is 2.85 bits per heavy atom. The number of fused-ring (bicyclic) bond motifs is 1. The third-order valence-corrected chi connectivity index (χ3v) is 5.54. The highest BCUT2D eigenvalue weighted by atomic mass is 35.5. The van der Waals surface area contributed by atoms with Crippen LogP contribution in [0.15, 0.2) is 29.2 Å². The molecule has 0 saturated carbocycles. The van der Waals surface area contributed by atoms with Crippen molar-refractivity contribution in [2.75, 3.05) is 25.0 Å². The van der Waals surface area contributed by atoms with Crippen molar-refractivity contribution in [2.45, 2.75) is 19.4 Å². The monoisotopic (exact) mass is 406 g/mol. The Bertz CT molecular complexity index is 988. The molecule has 7 nitrogen and oxygen atoms in total. The zero-order valence-electron chi connectivity index (χ0n) is 14.6. The van der Waals surface area contributed by atoms with Crippen LogP contribution >= 0.6 is 23.2 Å². The summed E-state index contributed by atoms with van der Waals surface area (Å²) in [6.45, 7) is 3.11. The summed E-state index contributed by atoms with van der Waals surface area (Å²) in [6.07, 6.45) is 3.99. The van der Waals surface area contributed by atoms with Gasteiger partial charge in [-0.2, -0.15) is 4.98 Å². The van der Waals surface area contributed by atoms with Crippen molar-refractivity contribution in [2.24, 2.45) is 5.92 Å². The fourth-order valence-electron chi connectivity index (χ4n) is 3.35. The fraction of sp³-hybridized carbons (Fsp3) is 0.389. The molecule has 9 heteroatoms. The van der Waals surface area contributed by atoms with Gasteiger partial charge in [-0.15, -0.1) is 0 Å². The summed E-state index contributed by atoms with van der Waals surface area (Å²) < 4.78 is 1.53. The Morgan fingerprint density at radius 1 is 1.30 bits per heavy atom. The van der Waals surface area contributed by atoms with Crippen LogP contribution < -0.4 is 16.3 Å². The second-order valence-corrected chi connectivity index (χ2v) is 7.56. The van der Waals surface area contributed by atoms with Crippen LogP contribution in [0.2, 0.25) is 10.0 Å². The second kappa shape index (κ2) is 7.88. The molecule has 0 radical (unpaired) electrons. The summed E-state index contributed by atoms with van der Waals surface area (Å²) in [5.41, 5.74) is 1.51. The molecule has 27 heavy (non-hydrogen) atoms. The topological polar surface area (TPSA) is 87.6 Å². The van der Waals surface area contributed by atoms with Gasteiger partial charge in [-0.1, -0.05) is 29.3 Å². The minimum Gasteiger partial charge on any atom is -0.354 e. The number of anilines is 1. The Balaban J connectivity index is 1.61. The van der Waals surface area contributed by atoms with E-state index >= 15 is 0 Å². The van der Waals surface area contributed by atoms with Gasteiger partial charge in [0, 0.05) is 22.2 Å². The summed E-state index contributed by atoms with van der Waals surface area (Å²) in [5, 5.41) is 7.71. The average Bonchev–Trinajstić information content (AvgIpc) is 2.98. The van der Waals surface area contributed by atoms with Gasteiger partial charge in [-0.3, -0.25) is 4.57 Å². The van der Waals surface area contributed by atoms with Crippen molar-refractivity contribution in [3.63, 3.8) is 0 Å². The fourth-order valence-corrected chi connectivity index (χ4v) is 3.87. The van der Waals surface area contributed by atoms with Crippen molar-refractivity contribution in [1.82, 2.24) is 24.8 Å². The Labute approximate surface area is 166 Å². The molecule has 0 spiro atoms. The molecule has 1 aromatic carbocycles. The van der Waals surface area contributed by atoms with Crippen molar-refractivity contribution in [3.05, 3.63) is 50.5 Å². The number of benzene rings is 1. The van der Waals surface area contributed by atoms with Crippen LogP contribution in [0.3, 0.4) is 0 Å². The standard InChI is InChI=1S/C18H20Cl2N6O/c19-13-4-1-5-14(20)12(13)10-26-16-15(24-18(26)27)9-23-17(25-16)22-8-11-3-2-6-21-7-11/h1,4-5,9,11,21H,2-3,6-8,10H2,(H,24,27)(H,22,23,25)/t11-/m1/s1. The highest BCUT2D eigenvalue weighted by molar-refractivity contribution is 6.36. The predicted molar refractivity (Wildman–Crippen MR) is 108 cm³/mol. The number of aromatic amines is 1. The lowest BCUT2D eigenvalue weighted by molar-refractivity contribution is 0.392. The normalized spacial score (nSPS) is 17.3. The molecule has 1 aliphatic rings. The van der Waals surface area contributed by atoms with Crippen LogP contribution in [0, 0.1) is 5.92 Å². The van der Waals surface area contributed by atoms with Crippen LogP contribution in [0.1, 0.15) is 18.4 Å². The summed E-state index contributed by atoms with van der Waals surface area (Å²) in [6, 6.07) is 5.28. The summed E-state index contributed by atoms with van der Waals surface area (Å²) >= 11 is 12.5. The third-order valence-electron chi connectivity index (χ3n) is 4.84. The highest BCUT2D eigenvalue weighted by Crippen LogP contribution is 2.25. The maximum Gasteiger partial charge on any atom is 0.328 e. The molecule has 0 aliphatic carbocycles. The lowest BCUT2D eigenvalue weighted by Crippen LogP contribution is -2.33. The van der Waals surface area contributed by atoms with E-state index in [2.05, 4.69) is 25.6 Å². The predicted octanol–water partition coefficient (Wildman–Crippen LogP) is 2.89. The van der Waals surface area contributed by atoms with Gasteiger partial charge in [-0.25, -0.2) is 9.78 Å². The molecule has 0 bridgehead atoms. The SMILES string of the molecule is O=c1[nH]c2cnc(NC[C@@H]3CCCNC3)nc2n1Cc1c(Cl)cccc1Cl. The van der Waals surface area contributed by atoms with E-state index < -0.39 is 0 Å². The van der Waals surface area contributed by atoms with E-state index in [9.17, 15) is 4.79 Å². The smallest absolute Gasteiger partial charge is 0.328 e. The lowest BCUT2D eigenvalue weighted by atomic mass is 10.00. The zero-order valence-corrected chi connectivity index (χ0v) is 16.1. The van der Waals surface area contributed by atoms with E-state index in [1.807, 2.05) is 0 Å². The number of nitrogens with one attached hydrogen (secondary N) is 3. The number of H-pyrrole nitrogens is 1. The van der Waals surface area contributed by atoms with Crippen molar-refractivity contribution in [1.29, 1.82) is 0 Å². The van der Waals surface area contributed by atoms with Gasteiger partial charge in [0.15, 0.2) is 5.65 Å². The Hall–Kier alpha value is -2.09. The molecule has 1 fully saturated rings.